The molecule has 6 nitrogen and oxygen atoms in total. The van der Waals surface area contributed by atoms with Gasteiger partial charge in [-0.15, -0.1) is 10.2 Å². The van der Waals surface area contributed by atoms with Crippen molar-refractivity contribution in [3.63, 3.8) is 0 Å². The van der Waals surface area contributed by atoms with Gasteiger partial charge in [-0.1, -0.05) is 42.0 Å². The van der Waals surface area contributed by atoms with E-state index in [1.54, 1.807) is 12.6 Å². The maximum Gasteiger partial charge on any atom is 0.200 e. The predicted molar refractivity (Wildman–Crippen MR) is 112 cm³/mol. The molecule has 3 aromatic heterocycles. The van der Waals surface area contributed by atoms with E-state index in [1.165, 1.54) is 11.8 Å². The van der Waals surface area contributed by atoms with E-state index in [2.05, 4.69) is 55.9 Å². The second kappa shape index (κ2) is 7.52. The summed E-state index contributed by atoms with van der Waals surface area (Å²) in [5.74, 6) is 1.37. The summed E-state index contributed by atoms with van der Waals surface area (Å²) in [7, 11) is 0. The Morgan fingerprint density at radius 2 is 1.86 bits per heavy atom. The molecule has 2 aromatic carbocycles. The summed E-state index contributed by atoms with van der Waals surface area (Å²) in [5.41, 5.74) is 3.23. The molecule has 3 heterocycles. The van der Waals surface area contributed by atoms with Crippen LogP contribution in [0.1, 0.15) is 11.1 Å². The molecule has 0 saturated carbocycles. The lowest BCUT2D eigenvalue weighted by molar-refractivity contribution is 0.569. The van der Waals surface area contributed by atoms with Gasteiger partial charge in [0, 0.05) is 5.39 Å². The molecule has 5 rings (SSSR count). The quantitative estimate of drug-likeness (QED) is 0.388. The fraction of sp³-hybridized carbons (Fsp3) is 0.0909. The van der Waals surface area contributed by atoms with Crippen LogP contribution in [-0.2, 0) is 6.54 Å². The van der Waals surface area contributed by atoms with Crippen molar-refractivity contribution in [3.8, 4) is 11.6 Å². The van der Waals surface area contributed by atoms with Crippen LogP contribution in [-0.4, -0.2) is 24.7 Å². The van der Waals surface area contributed by atoms with Crippen LogP contribution in [0.5, 0.6) is 0 Å². The lowest BCUT2D eigenvalue weighted by Gasteiger charge is -2.10. The van der Waals surface area contributed by atoms with Crippen LogP contribution >= 0.6 is 11.8 Å². The molecule has 0 radical (unpaired) electrons. The molecular weight excluding hydrogens is 382 g/mol. The average molecular weight is 399 g/mol. The Labute approximate surface area is 171 Å². The van der Waals surface area contributed by atoms with E-state index < -0.39 is 0 Å². The fourth-order valence-corrected chi connectivity index (χ4v) is 4.06. The summed E-state index contributed by atoms with van der Waals surface area (Å²) in [6, 6.07) is 20.1. The first-order valence-corrected chi connectivity index (χ1v) is 10.00. The number of aryl methyl sites for hydroxylation is 1. The zero-order valence-corrected chi connectivity index (χ0v) is 16.5. The van der Waals surface area contributed by atoms with Gasteiger partial charge >= 0.3 is 0 Å². The van der Waals surface area contributed by atoms with E-state index in [-0.39, 0.29) is 0 Å². The van der Waals surface area contributed by atoms with Crippen molar-refractivity contribution in [2.75, 3.05) is 0 Å². The van der Waals surface area contributed by atoms with Crippen molar-refractivity contribution in [3.05, 3.63) is 84.4 Å². The molecule has 0 N–H and O–H groups in total. The van der Waals surface area contributed by atoms with Crippen LogP contribution in [0.3, 0.4) is 0 Å². The highest BCUT2D eigenvalue weighted by atomic mass is 32.2. The minimum atomic E-state index is 0.633. The van der Waals surface area contributed by atoms with E-state index in [0.717, 1.165) is 32.2 Å². The Bertz CT molecular complexity index is 1270. The summed E-state index contributed by atoms with van der Waals surface area (Å²) in [6.45, 7) is 2.70. The highest BCUT2D eigenvalue weighted by molar-refractivity contribution is 7.99. The number of nitrogens with zero attached hydrogens (tertiary/aromatic N) is 5. The molecule has 0 atom stereocenters. The Hall–Kier alpha value is -3.45. The zero-order chi connectivity index (χ0) is 19.6. The van der Waals surface area contributed by atoms with Crippen molar-refractivity contribution < 1.29 is 4.42 Å². The SMILES string of the molecule is Cc1ccc2ncnc(Sc3nnc(-c4ccco4)n3Cc3ccccc3)c2c1. The van der Waals surface area contributed by atoms with Gasteiger partial charge in [-0.2, -0.15) is 0 Å². The molecule has 7 heteroatoms. The molecule has 0 amide bonds. The first-order chi connectivity index (χ1) is 14.3. The highest BCUT2D eigenvalue weighted by Gasteiger charge is 2.19. The third-order valence-electron chi connectivity index (χ3n) is 4.58. The smallest absolute Gasteiger partial charge is 0.200 e. The number of fused-ring (bicyclic) bond motifs is 1. The maximum absolute atomic E-state index is 5.59. The van der Waals surface area contributed by atoms with Gasteiger partial charge in [-0.05, 0) is 48.5 Å². The minimum Gasteiger partial charge on any atom is -0.461 e. The lowest BCUT2D eigenvalue weighted by Crippen LogP contribution is -2.04. The van der Waals surface area contributed by atoms with Gasteiger partial charge < -0.3 is 4.42 Å². The van der Waals surface area contributed by atoms with Crippen molar-refractivity contribution in [2.45, 2.75) is 23.7 Å². The first-order valence-electron chi connectivity index (χ1n) is 9.18. The monoisotopic (exact) mass is 399 g/mol. The van der Waals surface area contributed by atoms with E-state index >= 15 is 0 Å². The van der Waals surface area contributed by atoms with E-state index in [1.807, 2.05) is 36.4 Å². The highest BCUT2D eigenvalue weighted by Crippen LogP contribution is 2.33. The van der Waals surface area contributed by atoms with Gasteiger partial charge in [0.25, 0.3) is 0 Å². The van der Waals surface area contributed by atoms with Gasteiger partial charge in [-0.3, -0.25) is 4.57 Å². The van der Waals surface area contributed by atoms with Gasteiger partial charge in [-0.25, -0.2) is 9.97 Å². The normalized spacial score (nSPS) is 11.2. The van der Waals surface area contributed by atoms with E-state index in [9.17, 15) is 0 Å². The van der Waals surface area contributed by atoms with Crippen LogP contribution in [0, 0.1) is 6.92 Å². The second-order valence-corrected chi connectivity index (χ2v) is 7.61. The standard InChI is InChI=1S/C22H17N5OS/c1-15-9-10-18-17(12-15)21(24-14-23-18)29-22-26-25-20(19-8-5-11-28-19)27(22)13-16-6-3-2-4-7-16/h2-12,14H,13H2,1H3. The summed E-state index contributed by atoms with van der Waals surface area (Å²) in [6.07, 6.45) is 3.23. The Balaban J connectivity index is 1.60. The largest absolute Gasteiger partial charge is 0.461 e. The van der Waals surface area contributed by atoms with Gasteiger partial charge in [0.2, 0.25) is 5.82 Å². The number of hydrogen-bond acceptors (Lipinski definition) is 6. The number of benzene rings is 2. The molecule has 0 unspecified atom stereocenters. The lowest BCUT2D eigenvalue weighted by atomic mass is 10.2. The second-order valence-electron chi connectivity index (χ2n) is 6.66. The minimum absolute atomic E-state index is 0.633. The summed E-state index contributed by atoms with van der Waals surface area (Å²) in [4.78, 5) is 8.89. The van der Waals surface area contributed by atoms with Crippen LogP contribution in [0.15, 0.2) is 87.9 Å². The summed E-state index contributed by atoms with van der Waals surface area (Å²) in [5, 5.41) is 11.5. The molecule has 0 aliphatic heterocycles. The van der Waals surface area contributed by atoms with Crippen LogP contribution in [0.2, 0.25) is 0 Å². The molecule has 0 aliphatic carbocycles. The fourth-order valence-electron chi connectivity index (χ4n) is 3.18. The van der Waals surface area contributed by atoms with E-state index in [0.29, 0.717) is 18.1 Å². The third kappa shape index (κ3) is 3.52. The number of rotatable bonds is 5. The molecular formula is C22H17N5OS. The van der Waals surface area contributed by atoms with Crippen LogP contribution in [0.25, 0.3) is 22.5 Å². The molecule has 142 valence electrons. The zero-order valence-electron chi connectivity index (χ0n) is 15.7. The molecule has 0 bridgehead atoms. The van der Waals surface area contributed by atoms with Crippen molar-refractivity contribution in [1.29, 1.82) is 0 Å². The summed E-state index contributed by atoms with van der Waals surface area (Å²) >= 11 is 1.49. The predicted octanol–water partition coefficient (Wildman–Crippen LogP) is 4.99. The van der Waals surface area contributed by atoms with Crippen molar-refractivity contribution in [1.82, 2.24) is 24.7 Å². The Morgan fingerprint density at radius 3 is 2.69 bits per heavy atom. The van der Waals surface area contributed by atoms with Gasteiger partial charge in [0.1, 0.15) is 11.4 Å². The number of aromatic nitrogens is 5. The molecule has 0 spiro atoms. The van der Waals surface area contributed by atoms with Gasteiger partial charge in [0.05, 0.1) is 18.3 Å². The number of furan rings is 1. The topological polar surface area (TPSA) is 69.6 Å². The average Bonchev–Trinajstić information content (AvgIpc) is 3.40. The van der Waals surface area contributed by atoms with E-state index in [4.69, 9.17) is 4.42 Å². The molecule has 29 heavy (non-hydrogen) atoms. The van der Waals surface area contributed by atoms with Crippen molar-refractivity contribution >= 4 is 22.7 Å². The molecule has 0 saturated heterocycles. The van der Waals surface area contributed by atoms with Crippen LogP contribution in [0.4, 0.5) is 0 Å². The van der Waals surface area contributed by atoms with Gasteiger partial charge in [0.15, 0.2) is 10.9 Å². The maximum atomic E-state index is 5.59. The molecule has 0 fully saturated rings. The molecule has 5 aromatic rings. The number of hydrogen-bond donors (Lipinski definition) is 0. The molecule has 0 aliphatic rings. The van der Waals surface area contributed by atoms with Crippen molar-refractivity contribution in [2.24, 2.45) is 0 Å². The Morgan fingerprint density at radius 1 is 0.966 bits per heavy atom. The van der Waals surface area contributed by atoms with Crippen LogP contribution < -0.4 is 0 Å². The Kier molecular flexibility index (Phi) is 4.57. The summed E-state index contributed by atoms with van der Waals surface area (Å²) < 4.78 is 7.65. The third-order valence-corrected chi connectivity index (χ3v) is 5.59. The first kappa shape index (κ1) is 17.6.